The molecule has 0 N–H and O–H groups in total. The molecular weight excluding hydrogens is 324 g/mol. The highest BCUT2D eigenvalue weighted by atomic mass is 35.5. The maximum atomic E-state index is 12.8. The van der Waals surface area contributed by atoms with Crippen molar-refractivity contribution in [3.63, 3.8) is 0 Å². The molecule has 1 aromatic heterocycles. The number of hydrogen-bond acceptors (Lipinski definition) is 4. The number of amides is 1. The molecule has 6 heteroatoms. The van der Waals surface area contributed by atoms with Crippen LogP contribution >= 0.6 is 11.6 Å². The Hall–Kier alpha value is -2.14. The lowest BCUT2D eigenvalue weighted by Gasteiger charge is -2.31. The van der Waals surface area contributed by atoms with Crippen LogP contribution in [0.15, 0.2) is 24.3 Å². The third kappa shape index (κ3) is 3.08. The molecule has 0 radical (unpaired) electrons. The van der Waals surface area contributed by atoms with Gasteiger partial charge in [-0.2, -0.15) is 0 Å². The number of fused-ring (bicyclic) bond motifs is 1. The second-order valence-electron chi connectivity index (χ2n) is 5.99. The fourth-order valence-corrected chi connectivity index (χ4v) is 3.18. The molecule has 5 nitrogen and oxygen atoms in total. The van der Waals surface area contributed by atoms with Gasteiger partial charge in [0.05, 0.1) is 22.8 Å². The van der Waals surface area contributed by atoms with E-state index in [4.69, 9.17) is 11.6 Å². The highest BCUT2D eigenvalue weighted by Crippen LogP contribution is 2.28. The van der Waals surface area contributed by atoms with Crippen molar-refractivity contribution in [2.45, 2.75) is 26.8 Å². The third-order valence-electron chi connectivity index (χ3n) is 4.38. The summed E-state index contributed by atoms with van der Waals surface area (Å²) in [6.07, 6.45) is 0.736. The van der Waals surface area contributed by atoms with Crippen LogP contribution in [-0.2, 0) is 13.0 Å². The van der Waals surface area contributed by atoms with Gasteiger partial charge in [-0.05, 0) is 26.0 Å². The molecule has 0 saturated carbocycles. The smallest absolute Gasteiger partial charge is 0.255 e. The number of anilines is 1. The molecule has 1 aliphatic rings. The van der Waals surface area contributed by atoms with E-state index in [1.54, 1.807) is 12.1 Å². The minimum absolute atomic E-state index is 0.0445. The molecule has 2 aromatic rings. The molecule has 0 fully saturated rings. The Kier molecular flexibility index (Phi) is 4.71. The van der Waals surface area contributed by atoms with Gasteiger partial charge >= 0.3 is 0 Å². The Bertz CT molecular complexity index is 778. The summed E-state index contributed by atoms with van der Waals surface area (Å²) in [5.41, 5.74) is 2.62. The lowest BCUT2D eigenvalue weighted by atomic mass is 10.0. The summed E-state index contributed by atoms with van der Waals surface area (Å²) in [6.45, 7) is 6.00. The first-order chi connectivity index (χ1) is 11.5. The normalized spacial score (nSPS) is 13.6. The quantitative estimate of drug-likeness (QED) is 0.858. The molecular formula is C18H21ClN4O. The molecule has 24 heavy (non-hydrogen) atoms. The summed E-state index contributed by atoms with van der Waals surface area (Å²) in [7, 11) is 2.01. The predicted octanol–water partition coefficient (Wildman–Crippen LogP) is 3.09. The van der Waals surface area contributed by atoms with Crippen molar-refractivity contribution in [2.24, 2.45) is 0 Å². The summed E-state index contributed by atoms with van der Waals surface area (Å²) in [6, 6.07) is 7.18. The average molecular weight is 345 g/mol. The van der Waals surface area contributed by atoms with Crippen LogP contribution in [0.4, 0.5) is 5.82 Å². The van der Waals surface area contributed by atoms with E-state index >= 15 is 0 Å². The van der Waals surface area contributed by atoms with Crippen LogP contribution in [0.5, 0.6) is 0 Å². The van der Waals surface area contributed by atoms with Gasteiger partial charge in [0.15, 0.2) is 0 Å². The zero-order valence-electron chi connectivity index (χ0n) is 14.2. The highest BCUT2D eigenvalue weighted by molar-refractivity contribution is 6.33. The molecule has 0 unspecified atom stereocenters. The standard InChI is InChI=1S/C18H21ClN4O/c1-4-22(3)17-14-11-23(10-9-16(14)20-12(2)21-17)18(24)13-7-5-6-8-15(13)19/h5-8H,4,9-11H2,1-3H3. The molecule has 0 aliphatic carbocycles. The van der Waals surface area contributed by atoms with E-state index in [1.165, 1.54) is 0 Å². The van der Waals surface area contributed by atoms with Crippen LogP contribution in [0, 0.1) is 6.92 Å². The summed E-state index contributed by atoms with van der Waals surface area (Å²) in [4.78, 5) is 25.9. The van der Waals surface area contributed by atoms with Gasteiger partial charge < -0.3 is 9.80 Å². The highest BCUT2D eigenvalue weighted by Gasteiger charge is 2.27. The molecule has 0 saturated heterocycles. The van der Waals surface area contributed by atoms with Crippen LogP contribution in [0.3, 0.4) is 0 Å². The van der Waals surface area contributed by atoms with E-state index < -0.39 is 0 Å². The minimum atomic E-state index is -0.0445. The number of halogens is 1. The van der Waals surface area contributed by atoms with Crippen molar-refractivity contribution in [1.29, 1.82) is 0 Å². The lowest BCUT2D eigenvalue weighted by molar-refractivity contribution is 0.0733. The van der Waals surface area contributed by atoms with Crippen LogP contribution in [-0.4, -0.2) is 40.9 Å². The Morgan fingerprint density at radius 2 is 2.08 bits per heavy atom. The maximum Gasteiger partial charge on any atom is 0.255 e. The Labute approximate surface area is 147 Å². The van der Waals surface area contributed by atoms with Gasteiger partial charge in [0, 0.05) is 32.1 Å². The van der Waals surface area contributed by atoms with Crippen molar-refractivity contribution in [3.05, 3.63) is 51.9 Å². The summed E-state index contributed by atoms with van der Waals surface area (Å²) in [5, 5.41) is 0.486. The fourth-order valence-electron chi connectivity index (χ4n) is 2.96. The number of rotatable bonds is 3. The van der Waals surface area contributed by atoms with Crippen LogP contribution in [0.25, 0.3) is 0 Å². The number of nitrogens with zero attached hydrogens (tertiary/aromatic N) is 4. The van der Waals surface area contributed by atoms with E-state index in [-0.39, 0.29) is 5.91 Å². The fraction of sp³-hybridized carbons (Fsp3) is 0.389. The number of carbonyl (C=O) groups is 1. The summed E-state index contributed by atoms with van der Waals surface area (Å²) >= 11 is 6.18. The van der Waals surface area contributed by atoms with Crippen molar-refractivity contribution < 1.29 is 4.79 Å². The molecule has 0 bridgehead atoms. The molecule has 1 aromatic carbocycles. The third-order valence-corrected chi connectivity index (χ3v) is 4.71. The number of carbonyl (C=O) groups excluding carboxylic acids is 1. The first kappa shape index (κ1) is 16.7. The second-order valence-corrected chi connectivity index (χ2v) is 6.40. The SMILES string of the molecule is CCN(C)c1nc(C)nc2c1CN(C(=O)c1ccccc1Cl)CC2. The van der Waals surface area contributed by atoms with Gasteiger partial charge in [-0.25, -0.2) is 9.97 Å². The van der Waals surface area contributed by atoms with Crippen molar-refractivity contribution in [2.75, 3.05) is 25.0 Å². The number of benzene rings is 1. The predicted molar refractivity (Wildman–Crippen MR) is 95.6 cm³/mol. The van der Waals surface area contributed by atoms with Gasteiger partial charge in [-0.15, -0.1) is 0 Å². The van der Waals surface area contributed by atoms with Crippen molar-refractivity contribution in [1.82, 2.24) is 14.9 Å². The summed E-state index contributed by atoms with van der Waals surface area (Å²) < 4.78 is 0. The topological polar surface area (TPSA) is 49.3 Å². The molecule has 1 amide bonds. The lowest BCUT2D eigenvalue weighted by Crippen LogP contribution is -2.38. The maximum absolute atomic E-state index is 12.8. The van der Waals surface area contributed by atoms with Crippen molar-refractivity contribution in [3.8, 4) is 0 Å². The van der Waals surface area contributed by atoms with Gasteiger partial charge in [-0.1, -0.05) is 23.7 Å². The van der Waals surface area contributed by atoms with Crippen molar-refractivity contribution >= 4 is 23.3 Å². The molecule has 0 atom stereocenters. The molecule has 126 valence electrons. The average Bonchev–Trinajstić information content (AvgIpc) is 2.59. The number of aromatic nitrogens is 2. The summed E-state index contributed by atoms with van der Waals surface area (Å²) in [5.74, 6) is 1.64. The molecule has 3 rings (SSSR count). The number of hydrogen-bond donors (Lipinski definition) is 0. The van der Waals surface area contributed by atoms with Gasteiger partial charge in [0.2, 0.25) is 0 Å². The van der Waals surface area contributed by atoms with E-state index in [0.29, 0.717) is 23.7 Å². The van der Waals surface area contributed by atoms with Gasteiger partial charge in [0.25, 0.3) is 5.91 Å². The zero-order chi connectivity index (χ0) is 17.3. The van der Waals surface area contributed by atoms with Crippen LogP contribution in [0.1, 0.15) is 34.4 Å². The van der Waals surface area contributed by atoms with E-state index in [9.17, 15) is 4.79 Å². The first-order valence-corrected chi connectivity index (χ1v) is 8.50. The molecule has 0 spiro atoms. The number of aryl methyl sites for hydroxylation is 1. The second kappa shape index (κ2) is 6.77. The Balaban J connectivity index is 1.94. The first-order valence-electron chi connectivity index (χ1n) is 8.12. The van der Waals surface area contributed by atoms with E-state index in [2.05, 4.69) is 21.8 Å². The van der Waals surface area contributed by atoms with E-state index in [0.717, 1.165) is 35.9 Å². The largest absolute Gasteiger partial charge is 0.360 e. The zero-order valence-corrected chi connectivity index (χ0v) is 15.0. The Morgan fingerprint density at radius 1 is 1.33 bits per heavy atom. The van der Waals surface area contributed by atoms with E-state index in [1.807, 2.05) is 31.0 Å². The monoisotopic (exact) mass is 344 g/mol. The molecule has 1 aliphatic heterocycles. The Morgan fingerprint density at radius 3 is 2.79 bits per heavy atom. The van der Waals surface area contributed by atoms with Gasteiger partial charge in [0.1, 0.15) is 11.6 Å². The molecule has 2 heterocycles. The van der Waals surface area contributed by atoms with Gasteiger partial charge in [-0.3, -0.25) is 4.79 Å². The van der Waals surface area contributed by atoms with Crippen LogP contribution < -0.4 is 4.90 Å². The van der Waals surface area contributed by atoms with Crippen LogP contribution in [0.2, 0.25) is 5.02 Å². The minimum Gasteiger partial charge on any atom is -0.360 e.